The van der Waals surface area contributed by atoms with Gasteiger partial charge in [0.2, 0.25) is 15.9 Å². The third-order valence-corrected chi connectivity index (χ3v) is 7.17. The first-order chi connectivity index (χ1) is 10.5. The zero-order valence-corrected chi connectivity index (χ0v) is 14.2. The van der Waals surface area contributed by atoms with Gasteiger partial charge in [-0.25, -0.2) is 8.42 Å². The highest BCUT2D eigenvalue weighted by molar-refractivity contribution is 8.00. The number of hydrogen-bond acceptors (Lipinski definition) is 4. The van der Waals surface area contributed by atoms with Crippen LogP contribution in [0.15, 0.2) is 29.2 Å². The van der Waals surface area contributed by atoms with Crippen molar-refractivity contribution in [2.45, 2.75) is 30.7 Å². The zero-order valence-electron chi connectivity index (χ0n) is 12.6. The van der Waals surface area contributed by atoms with E-state index in [1.165, 1.54) is 16.1 Å². The van der Waals surface area contributed by atoms with Crippen LogP contribution in [-0.4, -0.2) is 54.3 Å². The van der Waals surface area contributed by atoms with Gasteiger partial charge >= 0.3 is 0 Å². The lowest BCUT2D eigenvalue weighted by molar-refractivity contribution is -0.133. The second-order valence-corrected chi connectivity index (χ2v) is 8.65. The number of amides is 1. The van der Waals surface area contributed by atoms with Crippen molar-refractivity contribution >= 4 is 27.7 Å². The summed E-state index contributed by atoms with van der Waals surface area (Å²) < 4.78 is 27.1. The van der Waals surface area contributed by atoms with Gasteiger partial charge < -0.3 is 4.90 Å². The summed E-state index contributed by atoms with van der Waals surface area (Å²) in [5.74, 6) is 0.847. The molecule has 0 unspecified atom stereocenters. The van der Waals surface area contributed by atoms with Gasteiger partial charge in [-0.2, -0.15) is 4.31 Å². The Morgan fingerprint density at radius 1 is 1.27 bits per heavy atom. The Kier molecular flexibility index (Phi) is 4.47. The van der Waals surface area contributed by atoms with E-state index in [-0.39, 0.29) is 10.8 Å². The Labute approximate surface area is 135 Å². The van der Waals surface area contributed by atoms with Crippen LogP contribution in [0.25, 0.3) is 0 Å². The van der Waals surface area contributed by atoms with Crippen LogP contribution >= 0.6 is 11.8 Å². The molecule has 7 heteroatoms. The molecule has 2 aliphatic heterocycles. The summed E-state index contributed by atoms with van der Waals surface area (Å²) in [4.78, 5) is 14.7. The summed E-state index contributed by atoms with van der Waals surface area (Å²) in [6.45, 7) is 3.36. The molecule has 5 nitrogen and oxygen atoms in total. The number of likely N-dealkylation sites (tertiary alicyclic amines) is 1. The number of carbonyl (C=O) groups is 1. The maximum Gasteiger partial charge on any atom is 0.244 e. The van der Waals surface area contributed by atoms with Crippen LogP contribution in [0, 0.1) is 6.92 Å². The molecule has 0 bridgehead atoms. The van der Waals surface area contributed by atoms with Gasteiger partial charge in [-0.05, 0) is 37.5 Å². The van der Waals surface area contributed by atoms with E-state index in [0.717, 1.165) is 31.5 Å². The Morgan fingerprint density at radius 3 is 2.68 bits per heavy atom. The summed E-state index contributed by atoms with van der Waals surface area (Å²) in [6, 6.07) is 6.31. The minimum absolute atomic E-state index is 0.0428. The van der Waals surface area contributed by atoms with E-state index in [4.69, 9.17) is 0 Å². The average Bonchev–Trinajstić information content (AvgIpc) is 3.18. The molecule has 3 rings (SSSR count). The monoisotopic (exact) mass is 340 g/mol. The largest absolute Gasteiger partial charge is 0.341 e. The molecule has 1 atom stereocenters. The van der Waals surface area contributed by atoms with Crippen LogP contribution in [0.1, 0.15) is 18.4 Å². The van der Waals surface area contributed by atoms with E-state index < -0.39 is 16.1 Å². The fourth-order valence-electron chi connectivity index (χ4n) is 2.92. The van der Waals surface area contributed by atoms with E-state index in [9.17, 15) is 13.2 Å². The molecular formula is C15H20N2O3S2. The molecule has 1 aromatic carbocycles. The second kappa shape index (κ2) is 6.22. The predicted octanol–water partition coefficient (Wildman–Crippen LogP) is 1.68. The van der Waals surface area contributed by atoms with Gasteiger partial charge in [0.15, 0.2) is 0 Å². The maximum absolute atomic E-state index is 12.9. The summed E-state index contributed by atoms with van der Waals surface area (Å²) in [5.41, 5.74) is 0.898. The highest BCUT2D eigenvalue weighted by Crippen LogP contribution is 2.30. The minimum atomic E-state index is -3.62. The highest BCUT2D eigenvalue weighted by atomic mass is 32.2. The van der Waals surface area contributed by atoms with Gasteiger partial charge in [0.25, 0.3) is 0 Å². The molecule has 2 aliphatic rings. The van der Waals surface area contributed by atoms with Crippen LogP contribution in [0.3, 0.4) is 0 Å². The summed E-state index contributed by atoms with van der Waals surface area (Å²) >= 11 is 1.50. The molecule has 0 N–H and O–H groups in total. The van der Waals surface area contributed by atoms with Crippen molar-refractivity contribution in [3.63, 3.8) is 0 Å². The van der Waals surface area contributed by atoms with Crippen molar-refractivity contribution in [2.75, 3.05) is 24.7 Å². The molecule has 2 fully saturated rings. The molecule has 2 heterocycles. The molecule has 0 saturated carbocycles. The van der Waals surface area contributed by atoms with Crippen LogP contribution in [0.2, 0.25) is 0 Å². The summed E-state index contributed by atoms with van der Waals surface area (Å²) in [5, 5.41) is 0. The molecule has 0 radical (unpaired) electrons. The van der Waals surface area contributed by atoms with Gasteiger partial charge in [-0.15, -0.1) is 11.8 Å². The van der Waals surface area contributed by atoms with Gasteiger partial charge in [-0.1, -0.05) is 12.1 Å². The highest BCUT2D eigenvalue weighted by Gasteiger charge is 2.42. The lowest BCUT2D eigenvalue weighted by atomic mass is 10.2. The Morgan fingerprint density at radius 2 is 2.00 bits per heavy atom. The smallest absolute Gasteiger partial charge is 0.244 e. The third kappa shape index (κ3) is 2.89. The number of aryl methyl sites for hydroxylation is 1. The summed E-state index contributed by atoms with van der Waals surface area (Å²) in [7, 11) is -3.62. The Hall–Kier alpha value is -1.05. The van der Waals surface area contributed by atoms with E-state index in [2.05, 4.69) is 0 Å². The predicted molar refractivity (Wildman–Crippen MR) is 87.1 cm³/mol. The number of benzene rings is 1. The van der Waals surface area contributed by atoms with Crippen LogP contribution in [0.4, 0.5) is 0 Å². The normalized spacial score (nSPS) is 23.1. The van der Waals surface area contributed by atoms with E-state index in [1.54, 1.807) is 23.1 Å². The molecule has 1 amide bonds. The van der Waals surface area contributed by atoms with Crippen molar-refractivity contribution in [1.29, 1.82) is 0 Å². The van der Waals surface area contributed by atoms with Gasteiger partial charge in [0, 0.05) is 18.8 Å². The topological polar surface area (TPSA) is 57.7 Å². The van der Waals surface area contributed by atoms with Gasteiger partial charge in [-0.3, -0.25) is 4.79 Å². The SMILES string of the molecule is Cc1cccc(S(=O)(=O)N2CSC[C@@H]2C(=O)N2CCCC2)c1. The van der Waals surface area contributed by atoms with Crippen molar-refractivity contribution < 1.29 is 13.2 Å². The first kappa shape index (κ1) is 15.8. The Bertz CT molecular complexity index is 669. The fraction of sp³-hybridized carbons (Fsp3) is 0.533. The van der Waals surface area contributed by atoms with Crippen LogP contribution in [0.5, 0.6) is 0 Å². The molecule has 0 spiro atoms. The third-order valence-electron chi connectivity index (χ3n) is 4.14. The van der Waals surface area contributed by atoms with Gasteiger partial charge in [0.1, 0.15) is 6.04 Å². The number of thioether (sulfide) groups is 1. The van der Waals surface area contributed by atoms with Crippen molar-refractivity contribution in [1.82, 2.24) is 9.21 Å². The fourth-order valence-corrected chi connectivity index (χ4v) is 6.16. The van der Waals surface area contributed by atoms with Crippen molar-refractivity contribution in [2.24, 2.45) is 0 Å². The molecule has 1 aromatic rings. The molecule has 2 saturated heterocycles. The molecule has 0 aliphatic carbocycles. The van der Waals surface area contributed by atoms with Crippen molar-refractivity contribution in [3.05, 3.63) is 29.8 Å². The van der Waals surface area contributed by atoms with E-state index in [1.807, 2.05) is 13.0 Å². The van der Waals surface area contributed by atoms with Crippen LogP contribution in [-0.2, 0) is 14.8 Å². The number of carbonyl (C=O) groups excluding carboxylic acids is 1. The first-order valence-corrected chi connectivity index (χ1v) is 10.0. The number of nitrogens with zero attached hydrogens (tertiary/aromatic N) is 2. The number of sulfonamides is 1. The molecule has 22 heavy (non-hydrogen) atoms. The lowest BCUT2D eigenvalue weighted by Gasteiger charge is -2.26. The average molecular weight is 340 g/mol. The molecular weight excluding hydrogens is 320 g/mol. The maximum atomic E-state index is 12.9. The quantitative estimate of drug-likeness (QED) is 0.840. The first-order valence-electron chi connectivity index (χ1n) is 7.45. The van der Waals surface area contributed by atoms with E-state index >= 15 is 0 Å². The van der Waals surface area contributed by atoms with E-state index in [0.29, 0.717) is 11.6 Å². The minimum Gasteiger partial charge on any atom is -0.341 e. The standard InChI is InChI=1S/C15H20N2O3S2/c1-12-5-4-6-13(9-12)22(19,20)17-11-21-10-14(17)15(18)16-7-2-3-8-16/h4-6,9,14H,2-3,7-8,10-11H2,1H3/t14-/m1/s1. The number of hydrogen-bond donors (Lipinski definition) is 0. The van der Waals surface area contributed by atoms with Gasteiger partial charge in [0.05, 0.1) is 10.8 Å². The Balaban J connectivity index is 1.87. The zero-order chi connectivity index (χ0) is 15.7. The number of rotatable bonds is 3. The molecule has 0 aromatic heterocycles. The summed E-state index contributed by atoms with van der Waals surface area (Å²) in [6.07, 6.45) is 2.02. The molecule has 120 valence electrons. The van der Waals surface area contributed by atoms with Crippen molar-refractivity contribution in [3.8, 4) is 0 Å². The second-order valence-electron chi connectivity index (χ2n) is 5.76. The lowest BCUT2D eigenvalue weighted by Crippen LogP contribution is -2.48. The van der Waals surface area contributed by atoms with Crippen LogP contribution < -0.4 is 0 Å².